The summed E-state index contributed by atoms with van der Waals surface area (Å²) in [6.07, 6.45) is -4.64. The highest BCUT2D eigenvalue weighted by molar-refractivity contribution is 5.99. The first-order chi connectivity index (χ1) is 16.8. The number of carbonyl (C=O) groups excluding carboxylic acids is 1. The maximum Gasteiger partial charge on any atom is 0.410 e. The predicted octanol–water partition coefficient (Wildman–Crippen LogP) is 5.16. The van der Waals surface area contributed by atoms with E-state index in [2.05, 4.69) is 15.7 Å². The first-order valence-corrected chi connectivity index (χ1v) is 11.2. The first kappa shape index (κ1) is 22.9. The second-order valence-corrected chi connectivity index (χ2v) is 8.55. The Morgan fingerprint density at radius 1 is 1.09 bits per heavy atom. The summed E-state index contributed by atoms with van der Waals surface area (Å²) in [6.45, 7) is -0.109. The summed E-state index contributed by atoms with van der Waals surface area (Å²) in [6, 6.07) is 19.4. The summed E-state index contributed by atoms with van der Waals surface area (Å²) in [5, 5.41) is 22.2. The lowest BCUT2D eigenvalue weighted by Crippen LogP contribution is -2.36. The van der Waals surface area contributed by atoms with Crippen LogP contribution in [0.1, 0.15) is 46.1 Å². The maximum atomic E-state index is 13.9. The van der Waals surface area contributed by atoms with Crippen LogP contribution in [0.4, 0.5) is 19.0 Å². The molecule has 0 fully saturated rings. The van der Waals surface area contributed by atoms with E-state index < -0.39 is 30.3 Å². The average Bonchev–Trinajstić information content (AvgIpc) is 3.30. The van der Waals surface area contributed by atoms with Crippen molar-refractivity contribution in [3.8, 4) is 0 Å². The van der Waals surface area contributed by atoms with Crippen LogP contribution in [-0.2, 0) is 0 Å². The minimum Gasteiger partial charge on any atom is -0.387 e. The van der Waals surface area contributed by atoms with Crippen LogP contribution in [0.5, 0.6) is 0 Å². The van der Waals surface area contributed by atoms with E-state index in [4.69, 9.17) is 0 Å². The van der Waals surface area contributed by atoms with E-state index in [1.54, 1.807) is 36.4 Å². The van der Waals surface area contributed by atoms with Crippen molar-refractivity contribution in [1.29, 1.82) is 0 Å². The fourth-order valence-corrected chi connectivity index (χ4v) is 4.57. The number of aromatic nitrogens is 2. The highest BCUT2D eigenvalue weighted by atomic mass is 19.4. The fraction of sp³-hybridized carbons (Fsp3) is 0.231. The molecule has 0 aliphatic carbocycles. The van der Waals surface area contributed by atoms with Gasteiger partial charge in [0.2, 0.25) is 0 Å². The molecule has 35 heavy (non-hydrogen) atoms. The Kier molecular flexibility index (Phi) is 5.94. The van der Waals surface area contributed by atoms with E-state index in [-0.39, 0.29) is 24.3 Å². The third-order valence-corrected chi connectivity index (χ3v) is 6.32. The molecule has 0 saturated heterocycles. The number of hydrogen-bond acceptors (Lipinski definition) is 4. The number of nitrogens with zero attached hydrogens (tertiary/aromatic N) is 2. The molecule has 1 aliphatic rings. The molecule has 9 heteroatoms. The normalized spacial score (nSPS) is 18.5. The molecule has 3 atom stereocenters. The predicted molar refractivity (Wildman–Crippen MR) is 126 cm³/mol. The lowest BCUT2D eigenvalue weighted by atomic mass is 9.96. The Labute approximate surface area is 199 Å². The lowest BCUT2D eigenvalue weighted by molar-refractivity contribution is -0.173. The van der Waals surface area contributed by atoms with Gasteiger partial charge in [-0.1, -0.05) is 72.8 Å². The van der Waals surface area contributed by atoms with Crippen molar-refractivity contribution < 1.29 is 23.1 Å². The van der Waals surface area contributed by atoms with Crippen molar-refractivity contribution in [3.05, 3.63) is 95.7 Å². The van der Waals surface area contributed by atoms with Crippen LogP contribution in [0.25, 0.3) is 10.8 Å². The number of hydrogen-bond donors (Lipinski definition) is 3. The number of halogens is 3. The van der Waals surface area contributed by atoms with Crippen LogP contribution < -0.4 is 10.6 Å². The van der Waals surface area contributed by atoms with E-state index in [1.807, 2.05) is 36.4 Å². The number of benzene rings is 3. The van der Waals surface area contributed by atoms with Gasteiger partial charge in [-0.05, 0) is 21.9 Å². The van der Waals surface area contributed by atoms with Crippen molar-refractivity contribution in [1.82, 2.24) is 15.1 Å². The van der Waals surface area contributed by atoms with E-state index in [0.717, 1.165) is 21.7 Å². The Balaban J connectivity index is 1.38. The minimum atomic E-state index is -4.53. The molecule has 3 aromatic carbocycles. The second-order valence-electron chi connectivity index (χ2n) is 8.55. The lowest BCUT2D eigenvalue weighted by Gasteiger charge is -2.34. The van der Waals surface area contributed by atoms with Crippen molar-refractivity contribution in [2.45, 2.75) is 30.8 Å². The molecule has 0 spiro atoms. The number of fused-ring (bicyclic) bond motifs is 2. The number of alkyl halides is 3. The van der Waals surface area contributed by atoms with Gasteiger partial charge in [0, 0.05) is 13.0 Å². The Hall–Kier alpha value is -3.85. The molecular weight excluding hydrogens is 457 g/mol. The quantitative estimate of drug-likeness (QED) is 0.369. The van der Waals surface area contributed by atoms with Crippen LogP contribution in [0.15, 0.2) is 79.0 Å². The van der Waals surface area contributed by atoms with Gasteiger partial charge in [0.1, 0.15) is 11.4 Å². The molecule has 2 heterocycles. The Bertz CT molecular complexity index is 1350. The molecule has 0 saturated carbocycles. The highest BCUT2D eigenvalue weighted by Gasteiger charge is 2.47. The third kappa shape index (κ3) is 4.46. The van der Waals surface area contributed by atoms with Crippen molar-refractivity contribution >= 4 is 22.5 Å². The third-order valence-electron chi connectivity index (χ3n) is 6.32. The standard InChI is InChI=1S/C26H23F3N4O2/c27-26(28,29)23-13-21(17-8-2-1-3-9-17)32-24-20(14-31-33(23)24)25(35)30-15-22(34)19-12-6-10-16-7-4-5-11-18(16)19/h1-12,14,21-23,32,34H,13,15H2,(H,30,35)/t21-,22?,23+/m0/s1. The van der Waals surface area contributed by atoms with Gasteiger partial charge >= 0.3 is 6.18 Å². The summed E-state index contributed by atoms with van der Waals surface area (Å²) in [5.74, 6) is -0.614. The van der Waals surface area contributed by atoms with Gasteiger partial charge in [-0.15, -0.1) is 0 Å². The monoisotopic (exact) mass is 480 g/mol. The number of aliphatic hydroxyl groups excluding tert-OH is 1. The highest BCUT2D eigenvalue weighted by Crippen LogP contribution is 2.44. The minimum absolute atomic E-state index is 0.00424. The van der Waals surface area contributed by atoms with Crippen LogP contribution in [-0.4, -0.2) is 33.5 Å². The van der Waals surface area contributed by atoms with E-state index in [1.165, 1.54) is 0 Å². The summed E-state index contributed by atoms with van der Waals surface area (Å²) >= 11 is 0. The molecule has 1 aromatic heterocycles. The van der Waals surface area contributed by atoms with Gasteiger partial charge in [-0.2, -0.15) is 18.3 Å². The molecular formula is C26H23F3N4O2. The Morgan fingerprint density at radius 3 is 2.57 bits per heavy atom. The SMILES string of the molecule is O=C(NCC(O)c1cccc2ccccc12)c1cnn2c1N[C@H](c1ccccc1)C[C@@H]2C(F)(F)F. The fourth-order valence-electron chi connectivity index (χ4n) is 4.57. The topological polar surface area (TPSA) is 79.2 Å². The van der Waals surface area contributed by atoms with Crippen molar-refractivity contribution in [3.63, 3.8) is 0 Å². The number of nitrogens with one attached hydrogen (secondary N) is 2. The van der Waals surface area contributed by atoms with Crippen LogP contribution in [0, 0.1) is 0 Å². The van der Waals surface area contributed by atoms with E-state index in [9.17, 15) is 23.1 Å². The molecule has 4 aromatic rings. The zero-order chi connectivity index (χ0) is 24.6. The smallest absolute Gasteiger partial charge is 0.387 e. The van der Waals surface area contributed by atoms with Crippen molar-refractivity contribution in [2.75, 3.05) is 11.9 Å². The van der Waals surface area contributed by atoms with Gasteiger partial charge in [-0.25, -0.2) is 4.68 Å². The number of amides is 1. The second kappa shape index (κ2) is 9.07. The van der Waals surface area contributed by atoms with Gasteiger partial charge in [0.25, 0.3) is 5.91 Å². The molecule has 3 N–H and O–H groups in total. The number of rotatable bonds is 5. The summed E-state index contributed by atoms with van der Waals surface area (Å²) < 4.78 is 42.4. The van der Waals surface area contributed by atoms with Gasteiger partial charge in [0.05, 0.1) is 18.3 Å². The zero-order valence-corrected chi connectivity index (χ0v) is 18.5. The molecule has 0 bridgehead atoms. The van der Waals surface area contributed by atoms with Gasteiger partial charge in [-0.3, -0.25) is 4.79 Å². The van der Waals surface area contributed by atoms with Crippen LogP contribution in [0.2, 0.25) is 0 Å². The molecule has 1 unspecified atom stereocenters. The molecule has 5 rings (SSSR count). The largest absolute Gasteiger partial charge is 0.410 e. The first-order valence-electron chi connectivity index (χ1n) is 11.2. The molecule has 1 aliphatic heterocycles. The molecule has 0 radical (unpaired) electrons. The molecule has 6 nitrogen and oxygen atoms in total. The molecule has 1 amide bonds. The Morgan fingerprint density at radius 2 is 1.80 bits per heavy atom. The summed E-state index contributed by atoms with van der Waals surface area (Å²) in [7, 11) is 0. The zero-order valence-electron chi connectivity index (χ0n) is 18.5. The number of carbonyl (C=O) groups is 1. The van der Waals surface area contributed by atoms with Gasteiger partial charge in [0.15, 0.2) is 6.04 Å². The number of aliphatic hydroxyl groups is 1. The van der Waals surface area contributed by atoms with E-state index >= 15 is 0 Å². The van der Waals surface area contributed by atoms with Crippen molar-refractivity contribution in [2.24, 2.45) is 0 Å². The van der Waals surface area contributed by atoms with Gasteiger partial charge < -0.3 is 15.7 Å². The van der Waals surface area contributed by atoms with Crippen LogP contribution >= 0.6 is 0 Å². The maximum absolute atomic E-state index is 13.9. The molecule has 180 valence electrons. The van der Waals surface area contributed by atoms with Crippen LogP contribution in [0.3, 0.4) is 0 Å². The van der Waals surface area contributed by atoms with E-state index in [0.29, 0.717) is 11.1 Å². The average molecular weight is 480 g/mol. The summed E-state index contributed by atoms with van der Waals surface area (Å²) in [5.41, 5.74) is 1.33. The number of anilines is 1. The summed E-state index contributed by atoms with van der Waals surface area (Å²) in [4.78, 5) is 13.0.